The molecule has 0 atom stereocenters. The third kappa shape index (κ3) is 4.07. The molecule has 1 aromatic carbocycles. The van der Waals surface area contributed by atoms with E-state index in [1.165, 1.54) is 38.5 Å². The Morgan fingerprint density at radius 2 is 1.76 bits per heavy atom. The zero-order valence-corrected chi connectivity index (χ0v) is 10.8. The molecule has 1 aliphatic carbocycles. The molecule has 0 amide bonds. The quantitative estimate of drug-likeness (QED) is 0.726. The molecule has 17 heavy (non-hydrogen) atoms. The maximum atomic E-state index is 5.82. The van der Waals surface area contributed by atoms with Crippen LogP contribution in [-0.4, -0.2) is 6.61 Å². The molecule has 1 aliphatic rings. The van der Waals surface area contributed by atoms with Crippen LogP contribution in [0.2, 0.25) is 0 Å². The summed E-state index contributed by atoms with van der Waals surface area (Å²) < 4.78 is 5.82. The van der Waals surface area contributed by atoms with E-state index in [9.17, 15) is 0 Å². The highest BCUT2D eigenvalue weighted by atomic mass is 16.5. The third-order valence-electron chi connectivity index (χ3n) is 3.84. The molecular formula is C16H23O. The van der Waals surface area contributed by atoms with E-state index in [0.717, 1.165) is 24.2 Å². The molecular weight excluding hydrogens is 208 g/mol. The van der Waals surface area contributed by atoms with Gasteiger partial charge in [-0.15, -0.1) is 0 Å². The standard InChI is InChI=1S/C16H23O/c1-2-6-14-9-11-15(12-10-14)13-17-16-7-4-3-5-8-16/h4-5,7-8,14-15H,2,6,9-13H2,1H3. The van der Waals surface area contributed by atoms with Crippen molar-refractivity contribution in [3.05, 3.63) is 30.3 Å². The van der Waals surface area contributed by atoms with E-state index in [1.54, 1.807) is 0 Å². The predicted molar refractivity (Wildman–Crippen MR) is 71.1 cm³/mol. The van der Waals surface area contributed by atoms with Crippen LogP contribution in [0.3, 0.4) is 0 Å². The molecule has 1 nitrogen and oxygen atoms in total. The van der Waals surface area contributed by atoms with E-state index in [1.807, 2.05) is 24.3 Å². The lowest BCUT2D eigenvalue weighted by atomic mass is 9.80. The minimum absolute atomic E-state index is 0.771. The molecule has 0 heterocycles. The van der Waals surface area contributed by atoms with Crippen LogP contribution in [0.4, 0.5) is 0 Å². The zero-order valence-electron chi connectivity index (χ0n) is 10.8. The second kappa shape index (κ2) is 6.68. The summed E-state index contributed by atoms with van der Waals surface area (Å²) in [5.41, 5.74) is 0. The van der Waals surface area contributed by atoms with Gasteiger partial charge in [0.15, 0.2) is 0 Å². The van der Waals surface area contributed by atoms with Crippen LogP contribution in [0.15, 0.2) is 24.3 Å². The molecule has 0 aromatic heterocycles. The number of rotatable bonds is 5. The first-order chi connectivity index (χ1) is 8.38. The number of hydrogen-bond acceptors (Lipinski definition) is 1. The molecule has 1 saturated carbocycles. The van der Waals surface area contributed by atoms with Gasteiger partial charge in [0.2, 0.25) is 0 Å². The average Bonchev–Trinajstić information content (AvgIpc) is 2.40. The maximum Gasteiger partial charge on any atom is 0.119 e. The summed E-state index contributed by atoms with van der Waals surface area (Å²) in [7, 11) is 0. The van der Waals surface area contributed by atoms with Crippen LogP contribution in [0.1, 0.15) is 45.4 Å². The number of benzene rings is 1. The van der Waals surface area contributed by atoms with E-state index in [2.05, 4.69) is 13.0 Å². The summed E-state index contributed by atoms with van der Waals surface area (Å²) in [6.07, 6.45) is 8.27. The summed E-state index contributed by atoms with van der Waals surface area (Å²) in [5.74, 6) is 2.74. The lowest BCUT2D eigenvalue weighted by Gasteiger charge is -2.28. The van der Waals surface area contributed by atoms with E-state index in [0.29, 0.717) is 0 Å². The molecule has 0 spiro atoms. The van der Waals surface area contributed by atoms with Crippen molar-refractivity contribution in [2.24, 2.45) is 11.8 Å². The molecule has 1 heteroatoms. The normalized spacial score (nSPS) is 24.5. The predicted octanol–water partition coefficient (Wildman–Crippen LogP) is 4.47. The van der Waals surface area contributed by atoms with Gasteiger partial charge in [0, 0.05) is 0 Å². The summed E-state index contributed by atoms with van der Waals surface area (Å²) in [6, 6.07) is 10.8. The van der Waals surface area contributed by atoms with Crippen LogP contribution in [0, 0.1) is 17.9 Å². The van der Waals surface area contributed by atoms with Gasteiger partial charge >= 0.3 is 0 Å². The fourth-order valence-corrected chi connectivity index (χ4v) is 2.78. The van der Waals surface area contributed by atoms with Crippen molar-refractivity contribution in [1.29, 1.82) is 0 Å². The van der Waals surface area contributed by atoms with Crippen LogP contribution >= 0.6 is 0 Å². The van der Waals surface area contributed by atoms with Crippen LogP contribution in [0.25, 0.3) is 0 Å². The molecule has 1 radical (unpaired) electrons. The van der Waals surface area contributed by atoms with Gasteiger partial charge in [-0.3, -0.25) is 0 Å². The fourth-order valence-electron chi connectivity index (χ4n) is 2.78. The van der Waals surface area contributed by atoms with Gasteiger partial charge in [-0.1, -0.05) is 44.7 Å². The van der Waals surface area contributed by atoms with Crippen LogP contribution in [-0.2, 0) is 0 Å². The molecule has 0 unspecified atom stereocenters. The van der Waals surface area contributed by atoms with Gasteiger partial charge in [0.05, 0.1) is 6.61 Å². The lowest BCUT2D eigenvalue weighted by molar-refractivity contribution is 0.178. The van der Waals surface area contributed by atoms with Gasteiger partial charge < -0.3 is 4.74 Å². The Balaban J connectivity index is 1.68. The van der Waals surface area contributed by atoms with Gasteiger partial charge in [0.25, 0.3) is 0 Å². The summed E-state index contributed by atoms with van der Waals surface area (Å²) in [6.45, 7) is 3.18. The monoisotopic (exact) mass is 231 g/mol. The summed E-state index contributed by atoms with van der Waals surface area (Å²) in [4.78, 5) is 0. The highest BCUT2D eigenvalue weighted by molar-refractivity contribution is 5.20. The topological polar surface area (TPSA) is 9.23 Å². The molecule has 0 saturated heterocycles. The molecule has 0 N–H and O–H groups in total. The Labute approximate surface area is 105 Å². The first kappa shape index (κ1) is 12.5. The first-order valence-electron chi connectivity index (χ1n) is 6.97. The van der Waals surface area contributed by atoms with E-state index >= 15 is 0 Å². The van der Waals surface area contributed by atoms with Crippen molar-refractivity contribution in [3.63, 3.8) is 0 Å². The Morgan fingerprint density at radius 1 is 1.12 bits per heavy atom. The van der Waals surface area contributed by atoms with E-state index < -0.39 is 0 Å². The second-order valence-corrected chi connectivity index (χ2v) is 5.22. The van der Waals surface area contributed by atoms with Gasteiger partial charge in [-0.2, -0.15) is 0 Å². The molecule has 2 rings (SSSR count). The molecule has 1 aromatic rings. The van der Waals surface area contributed by atoms with Crippen LogP contribution in [0.5, 0.6) is 5.75 Å². The highest BCUT2D eigenvalue weighted by Crippen LogP contribution is 2.31. The van der Waals surface area contributed by atoms with Crippen LogP contribution < -0.4 is 4.74 Å². The molecule has 1 fully saturated rings. The molecule has 0 bridgehead atoms. The third-order valence-corrected chi connectivity index (χ3v) is 3.84. The SMILES string of the molecule is CCCC1CCC(COc2cc[c]cc2)CC1. The van der Waals surface area contributed by atoms with Crippen molar-refractivity contribution in [2.75, 3.05) is 6.61 Å². The van der Waals surface area contributed by atoms with Crippen molar-refractivity contribution in [3.8, 4) is 5.75 Å². The summed E-state index contributed by atoms with van der Waals surface area (Å²) >= 11 is 0. The van der Waals surface area contributed by atoms with E-state index in [-0.39, 0.29) is 0 Å². The number of hydrogen-bond donors (Lipinski definition) is 0. The Hall–Kier alpha value is -0.980. The summed E-state index contributed by atoms with van der Waals surface area (Å²) in [5, 5.41) is 0. The number of ether oxygens (including phenoxy) is 1. The zero-order chi connectivity index (χ0) is 11.9. The highest BCUT2D eigenvalue weighted by Gasteiger charge is 2.20. The van der Waals surface area contributed by atoms with E-state index in [4.69, 9.17) is 4.74 Å². The fraction of sp³-hybridized carbons (Fsp3) is 0.625. The molecule has 93 valence electrons. The largest absolute Gasteiger partial charge is 0.493 e. The Kier molecular flexibility index (Phi) is 4.90. The minimum Gasteiger partial charge on any atom is -0.493 e. The van der Waals surface area contributed by atoms with Gasteiger partial charge in [-0.05, 0) is 42.9 Å². The van der Waals surface area contributed by atoms with Crippen molar-refractivity contribution in [2.45, 2.75) is 45.4 Å². The Bertz CT molecular complexity index is 299. The minimum atomic E-state index is 0.771. The van der Waals surface area contributed by atoms with Crippen molar-refractivity contribution >= 4 is 0 Å². The van der Waals surface area contributed by atoms with Gasteiger partial charge in [-0.25, -0.2) is 0 Å². The smallest absolute Gasteiger partial charge is 0.119 e. The lowest BCUT2D eigenvalue weighted by Crippen LogP contribution is -2.20. The average molecular weight is 231 g/mol. The molecule has 0 aliphatic heterocycles. The van der Waals surface area contributed by atoms with Crippen molar-refractivity contribution < 1.29 is 4.74 Å². The van der Waals surface area contributed by atoms with Crippen molar-refractivity contribution in [1.82, 2.24) is 0 Å². The van der Waals surface area contributed by atoms with Gasteiger partial charge in [0.1, 0.15) is 5.75 Å². The Morgan fingerprint density at radius 3 is 2.41 bits per heavy atom. The second-order valence-electron chi connectivity index (χ2n) is 5.22. The first-order valence-corrected chi connectivity index (χ1v) is 6.97. The maximum absolute atomic E-state index is 5.82.